The first-order valence-electron chi connectivity index (χ1n) is 10.5. The number of rotatable bonds is 7. The normalized spacial score (nSPS) is 15.3. The van der Waals surface area contributed by atoms with Crippen LogP contribution in [0.25, 0.3) is 11.1 Å². The molecule has 166 valence electrons. The number of hydrogen-bond donors (Lipinski definition) is 2. The Bertz CT molecular complexity index is 1170. The highest BCUT2D eigenvalue weighted by atomic mass is 32.2. The van der Waals surface area contributed by atoms with E-state index in [-0.39, 0.29) is 10.9 Å². The summed E-state index contributed by atoms with van der Waals surface area (Å²) in [6, 6.07) is 11.4. The van der Waals surface area contributed by atoms with Gasteiger partial charge in [0.2, 0.25) is 10.0 Å². The van der Waals surface area contributed by atoms with Crippen molar-refractivity contribution in [1.29, 1.82) is 0 Å². The Kier molecular flexibility index (Phi) is 6.17. The second-order valence-electron chi connectivity index (χ2n) is 7.81. The average molecular weight is 445 g/mol. The van der Waals surface area contributed by atoms with Gasteiger partial charge in [-0.2, -0.15) is 4.98 Å². The van der Waals surface area contributed by atoms with E-state index in [1.165, 1.54) is 12.1 Å². The molecule has 1 aliphatic rings. The molecule has 2 heterocycles. The Morgan fingerprint density at radius 1 is 1.23 bits per heavy atom. The monoisotopic (exact) mass is 444 g/mol. The zero-order valence-corrected chi connectivity index (χ0v) is 18.6. The van der Waals surface area contributed by atoms with Gasteiger partial charge in [-0.15, -0.1) is 0 Å². The fraction of sp³-hybridized carbons (Fsp3) is 0.409. The van der Waals surface area contributed by atoms with E-state index in [0.29, 0.717) is 30.3 Å². The molecule has 0 spiro atoms. The van der Waals surface area contributed by atoms with Gasteiger partial charge in [-0.3, -0.25) is 0 Å². The Morgan fingerprint density at radius 3 is 2.71 bits per heavy atom. The van der Waals surface area contributed by atoms with Gasteiger partial charge in [-0.05, 0) is 75.2 Å². The van der Waals surface area contributed by atoms with Crippen molar-refractivity contribution in [2.45, 2.75) is 44.2 Å². The highest BCUT2D eigenvalue weighted by Gasteiger charge is 2.26. The molecule has 1 aromatic heterocycles. The minimum atomic E-state index is -3.81. The number of hydrogen-bond acceptors (Lipinski definition) is 7. The predicted octanol–water partition coefficient (Wildman–Crippen LogP) is 2.94. The molecule has 4 rings (SSSR count). The van der Waals surface area contributed by atoms with Crippen LogP contribution in [0.5, 0.6) is 5.75 Å². The lowest BCUT2D eigenvalue weighted by Gasteiger charge is -2.33. The molecule has 0 amide bonds. The summed E-state index contributed by atoms with van der Waals surface area (Å²) < 4.78 is 35.2. The van der Waals surface area contributed by atoms with Crippen molar-refractivity contribution < 1.29 is 17.6 Å². The van der Waals surface area contributed by atoms with Crippen LogP contribution in [0.1, 0.15) is 30.9 Å². The van der Waals surface area contributed by atoms with Gasteiger partial charge >= 0.3 is 0 Å². The van der Waals surface area contributed by atoms with Crippen LogP contribution in [0.3, 0.4) is 0 Å². The summed E-state index contributed by atoms with van der Waals surface area (Å²) in [5.41, 5.74) is 3.19. The van der Waals surface area contributed by atoms with Crippen molar-refractivity contribution in [3.63, 3.8) is 0 Å². The molecule has 0 atom stereocenters. The Labute approximate surface area is 182 Å². The first-order valence-corrected chi connectivity index (χ1v) is 12.0. The molecular weight excluding hydrogens is 416 g/mol. The van der Waals surface area contributed by atoms with Crippen LogP contribution in [-0.4, -0.2) is 39.1 Å². The van der Waals surface area contributed by atoms with Crippen LogP contribution in [0.4, 0.5) is 6.01 Å². The number of ether oxygens (including phenoxy) is 1. The van der Waals surface area contributed by atoms with E-state index in [0.717, 1.165) is 42.8 Å². The lowest BCUT2D eigenvalue weighted by Crippen LogP contribution is -2.43. The molecule has 1 aliphatic heterocycles. The molecule has 8 nitrogen and oxygen atoms in total. The maximum absolute atomic E-state index is 11.7. The minimum absolute atomic E-state index is 0.0214. The topological polar surface area (TPSA) is 111 Å². The molecule has 0 bridgehead atoms. The van der Waals surface area contributed by atoms with E-state index in [9.17, 15) is 8.42 Å². The summed E-state index contributed by atoms with van der Waals surface area (Å²) in [6.07, 6.45) is 1.93. The number of benzene rings is 2. The lowest BCUT2D eigenvalue weighted by molar-refractivity contribution is 0.337. The highest BCUT2D eigenvalue weighted by molar-refractivity contribution is 7.89. The number of fused-ring (bicyclic) bond motifs is 1. The van der Waals surface area contributed by atoms with E-state index in [1.54, 1.807) is 6.07 Å². The summed E-state index contributed by atoms with van der Waals surface area (Å²) in [5.74, 6) is 0.876. The molecular formula is C22H28N4O4S. The van der Waals surface area contributed by atoms with Gasteiger partial charge in [-0.25, -0.2) is 13.6 Å². The number of piperidine rings is 1. The molecule has 0 unspecified atom stereocenters. The van der Waals surface area contributed by atoms with Gasteiger partial charge in [0.15, 0.2) is 5.58 Å². The van der Waals surface area contributed by atoms with Crippen molar-refractivity contribution in [1.82, 2.24) is 10.3 Å². The number of primary sulfonamides is 1. The number of oxazole rings is 1. The third kappa shape index (κ3) is 4.84. The standard InChI is InChI=1S/C22H28N4O4S/c1-3-29-21-12-16(5-4-15(21)2)14-26(17-8-10-24-11-9-17)22-25-19-13-18(31(23,27)28)6-7-20(19)30-22/h4-7,12-13,17,24H,3,8-11,14H2,1-2H3,(H2,23,27,28). The Morgan fingerprint density at radius 2 is 2.00 bits per heavy atom. The van der Waals surface area contributed by atoms with Crippen LogP contribution in [0.15, 0.2) is 45.7 Å². The lowest BCUT2D eigenvalue weighted by atomic mass is 10.0. The summed E-state index contributed by atoms with van der Waals surface area (Å²) in [7, 11) is -3.81. The van der Waals surface area contributed by atoms with Crippen LogP contribution < -0.4 is 20.1 Å². The summed E-state index contributed by atoms with van der Waals surface area (Å²) in [4.78, 5) is 6.81. The van der Waals surface area contributed by atoms with Crippen LogP contribution in [-0.2, 0) is 16.6 Å². The molecule has 9 heteroatoms. The largest absolute Gasteiger partial charge is 0.494 e. The van der Waals surface area contributed by atoms with Gasteiger partial charge in [0.05, 0.1) is 11.5 Å². The van der Waals surface area contributed by atoms with Crippen LogP contribution >= 0.6 is 0 Å². The number of nitrogens with zero attached hydrogens (tertiary/aromatic N) is 2. The number of nitrogens with one attached hydrogen (secondary N) is 1. The van der Waals surface area contributed by atoms with E-state index in [4.69, 9.17) is 14.3 Å². The van der Waals surface area contributed by atoms with E-state index in [2.05, 4.69) is 33.4 Å². The maximum Gasteiger partial charge on any atom is 0.298 e. The van der Waals surface area contributed by atoms with Crippen molar-refractivity contribution in [2.75, 3.05) is 24.6 Å². The van der Waals surface area contributed by atoms with Crippen LogP contribution in [0.2, 0.25) is 0 Å². The third-order valence-corrected chi connectivity index (χ3v) is 6.49. The molecule has 0 aliphatic carbocycles. The van der Waals surface area contributed by atoms with Gasteiger partial charge in [0.25, 0.3) is 6.01 Å². The number of anilines is 1. The number of sulfonamides is 1. The Balaban J connectivity index is 1.70. The molecule has 0 radical (unpaired) electrons. The molecule has 3 aromatic rings. The quantitative estimate of drug-likeness (QED) is 0.576. The predicted molar refractivity (Wildman–Crippen MR) is 120 cm³/mol. The van der Waals surface area contributed by atoms with Gasteiger partial charge in [0, 0.05) is 12.6 Å². The maximum atomic E-state index is 11.7. The number of nitrogens with two attached hydrogens (primary N) is 1. The summed E-state index contributed by atoms with van der Waals surface area (Å²) in [6.45, 7) is 7.08. The second kappa shape index (κ2) is 8.86. The number of aryl methyl sites for hydroxylation is 1. The third-order valence-electron chi connectivity index (χ3n) is 5.58. The van der Waals surface area contributed by atoms with Crippen LogP contribution in [0, 0.1) is 6.92 Å². The first kappa shape index (κ1) is 21.6. The second-order valence-corrected chi connectivity index (χ2v) is 9.37. The molecule has 1 fully saturated rings. The zero-order chi connectivity index (χ0) is 22.0. The van der Waals surface area contributed by atoms with E-state index >= 15 is 0 Å². The smallest absolute Gasteiger partial charge is 0.298 e. The van der Waals surface area contributed by atoms with Crippen molar-refractivity contribution in [2.24, 2.45) is 5.14 Å². The first-order chi connectivity index (χ1) is 14.8. The average Bonchev–Trinajstić information content (AvgIpc) is 3.17. The fourth-order valence-corrected chi connectivity index (χ4v) is 4.45. The van der Waals surface area contributed by atoms with Crippen molar-refractivity contribution in [3.05, 3.63) is 47.5 Å². The molecule has 0 saturated carbocycles. The molecule has 31 heavy (non-hydrogen) atoms. The highest BCUT2D eigenvalue weighted by Crippen LogP contribution is 2.30. The summed E-state index contributed by atoms with van der Waals surface area (Å²) >= 11 is 0. The molecule has 3 N–H and O–H groups in total. The number of aromatic nitrogens is 1. The minimum Gasteiger partial charge on any atom is -0.494 e. The zero-order valence-electron chi connectivity index (χ0n) is 17.8. The summed E-state index contributed by atoms with van der Waals surface area (Å²) in [5, 5.41) is 8.66. The van der Waals surface area contributed by atoms with E-state index in [1.807, 2.05) is 13.8 Å². The van der Waals surface area contributed by atoms with Crippen molar-refractivity contribution >= 4 is 27.1 Å². The molecule has 2 aromatic carbocycles. The fourth-order valence-electron chi connectivity index (χ4n) is 3.92. The molecule has 1 saturated heterocycles. The van der Waals surface area contributed by atoms with Gasteiger partial charge in [0.1, 0.15) is 11.3 Å². The van der Waals surface area contributed by atoms with Gasteiger partial charge < -0.3 is 19.4 Å². The van der Waals surface area contributed by atoms with E-state index < -0.39 is 10.0 Å². The van der Waals surface area contributed by atoms with Gasteiger partial charge in [-0.1, -0.05) is 12.1 Å². The Hall–Kier alpha value is -2.62. The SMILES string of the molecule is CCOc1cc(CN(c2nc3cc(S(N)(=O)=O)ccc3o2)C2CCNCC2)ccc1C. The van der Waals surface area contributed by atoms with Crippen molar-refractivity contribution in [3.8, 4) is 5.75 Å².